The smallest absolute Gasteiger partial charge is 0.308 e. The van der Waals surface area contributed by atoms with E-state index in [0.29, 0.717) is 30.0 Å². The molecule has 0 aromatic rings. The Morgan fingerprint density at radius 3 is 2.63 bits per heavy atom. The highest BCUT2D eigenvalue weighted by Crippen LogP contribution is 2.73. The van der Waals surface area contributed by atoms with Crippen LogP contribution in [-0.2, 0) is 19.1 Å². The van der Waals surface area contributed by atoms with Gasteiger partial charge in [-0.3, -0.25) is 9.59 Å². The van der Waals surface area contributed by atoms with Crippen molar-refractivity contribution in [2.24, 2.45) is 40.4 Å². The number of methoxy groups -OCH3 is 1. The van der Waals surface area contributed by atoms with Gasteiger partial charge in [-0.15, -0.1) is 0 Å². The lowest BCUT2D eigenvalue weighted by molar-refractivity contribution is -0.151. The average molecular weight is 375 g/mol. The molecule has 27 heavy (non-hydrogen) atoms. The minimum Gasteiger partial charge on any atom is -0.469 e. The van der Waals surface area contributed by atoms with Crippen molar-refractivity contribution in [2.45, 2.75) is 83.8 Å². The maximum absolute atomic E-state index is 12.3. The highest BCUT2D eigenvalue weighted by Gasteiger charge is 2.76. The maximum atomic E-state index is 12.3. The minimum atomic E-state index is -0.130. The molecule has 3 unspecified atom stereocenters. The van der Waals surface area contributed by atoms with E-state index in [1.807, 2.05) is 0 Å². The van der Waals surface area contributed by atoms with Gasteiger partial charge >= 0.3 is 5.97 Å². The molecule has 0 aromatic carbocycles. The summed E-state index contributed by atoms with van der Waals surface area (Å²) in [5.74, 6) is 2.85. The molecule has 0 amide bonds. The fourth-order valence-electron chi connectivity index (χ4n) is 8.71. The van der Waals surface area contributed by atoms with Gasteiger partial charge < -0.3 is 9.47 Å². The predicted octanol–water partition coefficient (Wildman–Crippen LogP) is 4.15. The molecule has 150 valence electrons. The molecule has 4 saturated carbocycles. The zero-order chi connectivity index (χ0) is 19.2. The highest BCUT2D eigenvalue weighted by molar-refractivity contribution is 5.88. The number of carbonyl (C=O) groups is 2. The van der Waals surface area contributed by atoms with Crippen LogP contribution in [0.4, 0.5) is 0 Å². The van der Waals surface area contributed by atoms with Crippen molar-refractivity contribution in [1.29, 1.82) is 0 Å². The summed E-state index contributed by atoms with van der Waals surface area (Å²) in [6.07, 6.45) is 8.70. The van der Waals surface area contributed by atoms with Gasteiger partial charge in [0.25, 0.3) is 0 Å². The predicted molar refractivity (Wildman–Crippen MR) is 101 cm³/mol. The summed E-state index contributed by atoms with van der Waals surface area (Å²) in [7, 11) is 1.52. The van der Waals surface area contributed by atoms with Crippen LogP contribution in [-0.4, -0.2) is 30.6 Å². The van der Waals surface area contributed by atoms with Crippen molar-refractivity contribution < 1.29 is 19.1 Å². The molecule has 9 atom stereocenters. The lowest BCUT2D eigenvalue weighted by Gasteiger charge is -2.59. The van der Waals surface area contributed by atoms with E-state index in [0.717, 1.165) is 25.2 Å². The second kappa shape index (κ2) is 5.58. The van der Waals surface area contributed by atoms with Crippen LogP contribution in [0.25, 0.3) is 0 Å². The number of hydrogen-bond acceptors (Lipinski definition) is 4. The SMILES string of the molecule is COC(=O)C(C)[C@H]1CC[C@H]2[C@@H]3CCC45OC4C(=O)CC[C@]5(C)[C@H]3CC[C@]12C. The van der Waals surface area contributed by atoms with E-state index in [4.69, 9.17) is 9.47 Å². The van der Waals surface area contributed by atoms with Gasteiger partial charge in [-0.05, 0) is 74.0 Å². The second-order valence-electron chi connectivity index (χ2n) is 10.7. The quantitative estimate of drug-likeness (QED) is 0.538. The van der Waals surface area contributed by atoms with Gasteiger partial charge in [0.05, 0.1) is 13.0 Å². The first-order valence-electron chi connectivity index (χ1n) is 11.1. The number of ether oxygens (including phenoxy) is 2. The van der Waals surface area contributed by atoms with E-state index >= 15 is 0 Å². The maximum Gasteiger partial charge on any atom is 0.308 e. The van der Waals surface area contributed by atoms with Crippen molar-refractivity contribution in [3.8, 4) is 0 Å². The van der Waals surface area contributed by atoms with Gasteiger partial charge in [0.2, 0.25) is 0 Å². The molecule has 0 bridgehead atoms. The fraction of sp³-hybridized carbons (Fsp3) is 0.913. The normalized spacial score (nSPS) is 54.2. The number of esters is 1. The first kappa shape index (κ1) is 18.1. The number of ketones is 1. The van der Waals surface area contributed by atoms with Crippen molar-refractivity contribution in [3.05, 3.63) is 0 Å². The number of fused-ring (bicyclic) bond motifs is 4. The van der Waals surface area contributed by atoms with E-state index in [1.165, 1.54) is 32.8 Å². The van der Waals surface area contributed by atoms with Crippen molar-refractivity contribution in [3.63, 3.8) is 0 Å². The summed E-state index contributed by atoms with van der Waals surface area (Å²) in [6.45, 7) is 6.96. The lowest BCUT2D eigenvalue weighted by atomic mass is 9.44. The van der Waals surface area contributed by atoms with E-state index in [1.54, 1.807) is 0 Å². The Balaban J connectivity index is 1.43. The summed E-state index contributed by atoms with van der Waals surface area (Å²) in [6, 6.07) is 0. The van der Waals surface area contributed by atoms with E-state index in [2.05, 4.69) is 20.8 Å². The van der Waals surface area contributed by atoms with Crippen LogP contribution in [0.5, 0.6) is 0 Å². The molecule has 1 saturated heterocycles. The third kappa shape index (κ3) is 2.09. The van der Waals surface area contributed by atoms with Crippen LogP contribution >= 0.6 is 0 Å². The zero-order valence-electron chi connectivity index (χ0n) is 17.3. The molecule has 1 heterocycles. The van der Waals surface area contributed by atoms with Crippen LogP contribution < -0.4 is 0 Å². The standard InChI is InChI=1S/C23H34O4/c1-13(20(25)26-4)15-5-6-16-14-7-12-23-19(27-23)18(24)9-11-22(23,3)17(14)8-10-21(15,16)2/h13-17,19H,5-12H2,1-4H3/t13?,14-,15+,16-,17-,19?,21+,22+,23?/m0/s1. The number of carbonyl (C=O) groups excluding carboxylic acids is 2. The molecule has 4 nitrogen and oxygen atoms in total. The Hall–Kier alpha value is -0.900. The molecule has 4 heteroatoms. The van der Waals surface area contributed by atoms with Gasteiger partial charge in [-0.2, -0.15) is 0 Å². The molecular weight excluding hydrogens is 340 g/mol. The third-order valence-corrected chi connectivity index (χ3v) is 10.2. The Labute approximate surface area is 162 Å². The molecule has 5 fully saturated rings. The summed E-state index contributed by atoms with van der Waals surface area (Å²) in [4.78, 5) is 24.5. The van der Waals surface area contributed by atoms with Crippen LogP contribution in [0.2, 0.25) is 0 Å². The van der Waals surface area contributed by atoms with E-state index < -0.39 is 0 Å². The van der Waals surface area contributed by atoms with Crippen LogP contribution in [0.3, 0.4) is 0 Å². The number of Topliss-reactive ketones (excluding diaryl/α,β-unsaturated/α-hetero) is 1. The average Bonchev–Trinajstić information content (AvgIpc) is 3.31. The number of rotatable bonds is 2. The largest absolute Gasteiger partial charge is 0.469 e. The molecule has 5 rings (SSSR count). The van der Waals surface area contributed by atoms with Crippen molar-refractivity contribution in [1.82, 2.24) is 0 Å². The summed E-state index contributed by atoms with van der Waals surface area (Å²) < 4.78 is 11.2. The first-order chi connectivity index (χ1) is 12.8. The van der Waals surface area contributed by atoms with Gasteiger partial charge in [0.15, 0.2) is 5.78 Å². The monoisotopic (exact) mass is 374 g/mol. The molecule has 5 aliphatic rings. The van der Waals surface area contributed by atoms with Crippen LogP contribution in [0, 0.1) is 40.4 Å². The molecule has 0 aromatic heterocycles. The Morgan fingerprint density at radius 1 is 1.11 bits per heavy atom. The van der Waals surface area contributed by atoms with Gasteiger partial charge in [-0.25, -0.2) is 0 Å². The molecular formula is C23H34O4. The minimum absolute atomic E-state index is 0.00415. The summed E-state index contributed by atoms with van der Waals surface area (Å²) in [5.41, 5.74) is 0.292. The summed E-state index contributed by atoms with van der Waals surface area (Å²) >= 11 is 0. The van der Waals surface area contributed by atoms with E-state index in [-0.39, 0.29) is 34.4 Å². The topological polar surface area (TPSA) is 55.9 Å². The molecule has 4 aliphatic carbocycles. The van der Waals surface area contributed by atoms with Crippen LogP contribution in [0.1, 0.15) is 72.1 Å². The van der Waals surface area contributed by atoms with Crippen molar-refractivity contribution in [2.75, 3.05) is 7.11 Å². The molecule has 1 aliphatic heterocycles. The zero-order valence-corrected chi connectivity index (χ0v) is 17.3. The summed E-state index contributed by atoms with van der Waals surface area (Å²) in [5, 5.41) is 0. The fourth-order valence-corrected chi connectivity index (χ4v) is 8.71. The third-order valence-electron chi connectivity index (χ3n) is 10.2. The number of hydrogen-bond donors (Lipinski definition) is 0. The second-order valence-corrected chi connectivity index (χ2v) is 10.7. The van der Waals surface area contributed by atoms with Gasteiger partial charge in [-0.1, -0.05) is 20.8 Å². The van der Waals surface area contributed by atoms with E-state index in [9.17, 15) is 9.59 Å². The van der Waals surface area contributed by atoms with Crippen molar-refractivity contribution >= 4 is 11.8 Å². The molecule has 1 spiro atoms. The highest BCUT2D eigenvalue weighted by atomic mass is 16.6. The lowest BCUT2D eigenvalue weighted by Crippen LogP contribution is -2.58. The molecule has 0 radical (unpaired) electrons. The molecule has 0 N–H and O–H groups in total. The van der Waals surface area contributed by atoms with Gasteiger partial charge in [0, 0.05) is 11.8 Å². The Bertz CT molecular complexity index is 688. The number of epoxide rings is 1. The first-order valence-corrected chi connectivity index (χ1v) is 11.1. The van der Waals surface area contributed by atoms with Crippen LogP contribution in [0.15, 0.2) is 0 Å². The Morgan fingerprint density at radius 2 is 1.89 bits per heavy atom. The Kier molecular flexibility index (Phi) is 3.75. The van der Waals surface area contributed by atoms with Gasteiger partial charge in [0.1, 0.15) is 11.7 Å².